The van der Waals surface area contributed by atoms with Gasteiger partial charge in [-0.2, -0.15) is 0 Å². The Kier molecular flexibility index (Phi) is 6.06. The zero-order valence-electron chi connectivity index (χ0n) is 15.9. The SMILES string of the molecule is CN(C)CCN(CC1CCCO1)C(=O)c1ccccc1-c1nccn1C. The highest BCUT2D eigenvalue weighted by molar-refractivity contribution is 6.00. The molecule has 2 aromatic rings. The summed E-state index contributed by atoms with van der Waals surface area (Å²) in [7, 11) is 5.99. The summed E-state index contributed by atoms with van der Waals surface area (Å²) in [6, 6.07) is 7.72. The van der Waals surface area contributed by atoms with Gasteiger partial charge in [0, 0.05) is 51.2 Å². The van der Waals surface area contributed by atoms with Crippen LogP contribution < -0.4 is 0 Å². The van der Waals surface area contributed by atoms with E-state index in [2.05, 4.69) is 9.88 Å². The van der Waals surface area contributed by atoms with Gasteiger partial charge in [-0.1, -0.05) is 18.2 Å². The Hall–Kier alpha value is -2.18. The number of hydrogen-bond donors (Lipinski definition) is 0. The van der Waals surface area contributed by atoms with Crippen molar-refractivity contribution in [1.82, 2.24) is 19.4 Å². The molecule has 0 saturated carbocycles. The third-order valence-corrected chi connectivity index (χ3v) is 4.77. The molecule has 0 radical (unpaired) electrons. The molecule has 1 fully saturated rings. The number of carbonyl (C=O) groups excluding carboxylic acids is 1. The zero-order valence-corrected chi connectivity index (χ0v) is 15.9. The van der Waals surface area contributed by atoms with Crippen molar-refractivity contribution in [3.8, 4) is 11.4 Å². The molecule has 1 atom stereocenters. The minimum atomic E-state index is 0.0425. The second-order valence-corrected chi connectivity index (χ2v) is 7.10. The second-order valence-electron chi connectivity index (χ2n) is 7.10. The number of likely N-dealkylation sites (N-methyl/N-ethyl adjacent to an activating group) is 1. The van der Waals surface area contributed by atoms with Gasteiger partial charge in [-0.15, -0.1) is 0 Å². The van der Waals surface area contributed by atoms with Crippen molar-refractivity contribution >= 4 is 5.91 Å². The lowest BCUT2D eigenvalue weighted by Crippen LogP contribution is -2.41. The molecule has 0 spiro atoms. The molecule has 1 aliphatic rings. The summed E-state index contributed by atoms with van der Waals surface area (Å²) in [4.78, 5) is 21.8. The molecular formula is C20H28N4O2. The average Bonchev–Trinajstić information content (AvgIpc) is 3.29. The van der Waals surface area contributed by atoms with Gasteiger partial charge in [-0.25, -0.2) is 4.98 Å². The van der Waals surface area contributed by atoms with Crippen molar-refractivity contribution in [2.75, 3.05) is 40.3 Å². The fraction of sp³-hybridized carbons (Fsp3) is 0.500. The molecule has 0 N–H and O–H groups in total. The first-order valence-electron chi connectivity index (χ1n) is 9.18. The van der Waals surface area contributed by atoms with Gasteiger partial charge >= 0.3 is 0 Å². The number of hydrogen-bond acceptors (Lipinski definition) is 4. The molecule has 0 bridgehead atoms. The first-order valence-corrected chi connectivity index (χ1v) is 9.18. The topological polar surface area (TPSA) is 50.6 Å². The molecule has 2 heterocycles. The van der Waals surface area contributed by atoms with E-state index in [1.165, 1.54) is 0 Å². The van der Waals surface area contributed by atoms with Gasteiger partial charge < -0.3 is 19.1 Å². The number of amides is 1. The Morgan fingerprint density at radius 2 is 2.12 bits per heavy atom. The van der Waals surface area contributed by atoms with Gasteiger partial charge in [0.15, 0.2) is 0 Å². The molecular weight excluding hydrogens is 328 g/mol. The van der Waals surface area contributed by atoms with Crippen LogP contribution in [-0.2, 0) is 11.8 Å². The number of nitrogens with zero attached hydrogens (tertiary/aromatic N) is 4. The Morgan fingerprint density at radius 1 is 1.31 bits per heavy atom. The number of aryl methyl sites for hydroxylation is 1. The number of ether oxygens (including phenoxy) is 1. The van der Waals surface area contributed by atoms with E-state index in [0.29, 0.717) is 18.7 Å². The standard InChI is InChI=1S/C20H28N4O2/c1-22(2)12-13-24(15-16-7-6-14-26-16)20(25)18-9-5-4-8-17(18)19-21-10-11-23(19)3/h4-5,8-11,16H,6-7,12-15H2,1-3H3. The molecule has 1 aliphatic heterocycles. The third kappa shape index (κ3) is 4.31. The summed E-state index contributed by atoms with van der Waals surface area (Å²) in [5.74, 6) is 0.847. The van der Waals surface area contributed by atoms with Gasteiger partial charge in [0.25, 0.3) is 5.91 Å². The van der Waals surface area contributed by atoms with E-state index >= 15 is 0 Å². The summed E-state index contributed by atoms with van der Waals surface area (Å²) in [6.45, 7) is 2.94. The maximum absolute atomic E-state index is 13.4. The fourth-order valence-electron chi connectivity index (χ4n) is 3.29. The van der Waals surface area contributed by atoms with Crippen molar-refractivity contribution in [1.29, 1.82) is 0 Å². The average molecular weight is 356 g/mol. The lowest BCUT2D eigenvalue weighted by Gasteiger charge is -2.27. The molecule has 3 rings (SSSR count). The molecule has 6 nitrogen and oxygen atoms in total. The Labute approximate surface area is 155 Å². The van der Waals surface area contributed by atoms with Crippen molar-refractivity contribution < 1.29 is 9.53 Å². The van der Waals surface area contributed by atoms with Crippen LogP contribution in [0.3, 0.4) is 0 Å². The highest BCUT2D eigenvalue weighted by atomic mass is 16.5. The molecule has 6 heteroatoms. The van der Waals surface area contributed by atoms with E-state index in [1.54, 1.807) is 6.20 Å². The molecule has 0 aliphatic carbocycles. The van der Waals surface area contributed by atoms with Crippen LogP contribution in [0.2, 0.25) is 0 Å². The number of aromatic nitrogens is 2. The fourth-order valence-corrected chi connectivity index (χ4v) is 3.29. The van der Waals surface area contributed by atoms with Crippen molar-refractivity contribution in [3.05, 3.63) is 42.2 Å². The predicted octanol–water partition coefficient (Wildman–Crippen LogP) is 2.27. The van der Waals surface area contributed by atoms with E-state index in [9.17, 15) is 4.79 Å². The molecule has 1 unspecified atom stereocenters. The van der Waals surface area contributed by atoms with E-state index in [4.69, 9.17) is 4.74 Å². The summed E-state index contributed by atoms with van der Waals surface area (Å²) in [5, 5.41) is 0. The van der Waals surface area contributed by atoms with E-state index < -0.39 is 0 Å². The van der Waals surface area contributed by atoms with E-state index in [1.807, 2.05) is 61.1 Å². The zero-order chi connectivity index (χ0) is 18.5. The predicted molar refractivity (Wildman–Crippen MR) is 102 cm³/mol. The number of carbonyl (C=O) groups is 1. The Bertz CT molecular complexity index is 735. The van der Waals surface area contributed by atoms with Crippen LogP contribution in [0.25, 0.3) is 11.4 Å². The highest BCUT2D eigenvalue weighted by Gasteiger charge is 2.25. The number of rotatable bonds is 7. The second kappa shape index (κ2) is 8.47. The van der Waals surface area contributed by atoms with Crippen LogP contribution in [0.5, 0.6) is 0 Å². The molecule has 26 heavy (non-hydrogen) atoms. The molecule has 1 aromatic carbocycles. The van der Waals surface area contributed by atoms with Gasteiger partial charge in [0.05, 0.1) is 11.7 Å². The van der Waals surface area contributed by atoms with E-state index in [-0.39, 0.29) is 12.0 Å². The largest absolute Gasteiger partial charge is 0.376 e. The summed E-state index contributed by atoms with van der Waals surface area (Å²) in [6.07, 6.45) is 5.89. The van der Waals surface area contributed by atoms with Crippen LogP contribution in [0.4, 0.5) is 0 Å². The summed E-state index contributed by atoms with van der Waals surface area (Å²) >= 11 is 0. The first kappa shape index (κ1) is 18.6. The quantitative estimate of drug-likeness (QED) is 0.764. The smallest absolute Gasteiger partial charge is 0.254 e. The highest BCUT2D eigenvalue weighted by Crippen LogP contribution is 2.24. The van der Waals surface area contributed by atoms with Gasteiger partial charge in [-0.3, -0.25) is 4.79 Å². The van der Waals surface area contributed by atoms with Crippen molar-refractivity contribution in [3.63, 3.8) is 0 Å². The van der Waals surface area contributed by atoms with Crippen molar-refractivity contribution in [2.45, 2.75) is 18.9 Å². The van der Waals surface area contributed by atoms with Crippen LogP contribution in [0, 0.1) is 0 Å². The van der Waals surface area contributed by atoms with Gasteiger partial charge in [0.2, 0.25) is 0 Å². The lowest BCUT2D eigenvalue weighted by atomic mass is 10.0. The van der Waals surface area contributed by atoms with Crippen LogP contribution in [0.15, 0.2) is 36.7 Å². The molecule has 1 saturated heterocycles. The van der Waals surface area contributed by atoms with Crippen molar-refractivity contribution in [2.24, 2.45) is 7.05 Å². The maximum atomic E-state index is 13.4. The van der Waals surface area contributed by atoms with E-state index in [0.717, 1.165) is 37.4 Å². The molecule has 1 amide bonds. The third-order valence-electron chi connectivity index (χ3n) is 4.77. The van der Waals surface area contributed by atoms with Crippen LogP contribution >= 0.6 is 0 Å². The maximum Gasteiger partial charge on any atom is 0.254 e. The van der Waals surface area contributed by atoms with Gasteiger partial charge in [0.1, 0.15) is 5.82 Å². The first-order chi connectivity index (χ1) is 12.6. The summed E-state index contributed by atoms with van der Waals surface area (Å²) in [5.41, 5.74) is 1.56. The Balaban J connectivity index is 1.87. The number of benzene rings is 1. The van der Waals surface area contributed by atoms with Crippen LogP contribution in [-0.4, -0.2) is 71.7 Å². The minimum Gasteiger partial charge on any atom is -0.376 e. The minimum absolute atomic E-state index is 0.0425. The Morgan fingerprint density at radius 3 is 2.77 bits per heavy atom. The molecule has 140 valence electrons. The van der Waals surface area contributed by atoms with Gasteiger partial charge in [-0.05, 0) is 33.0 Å². The summed E-state index contributed by atoms with van der Waals surface area (Å²) < 4.78 is 7.71. The molecule has 1 aromatic heterocycles. The normalized spacial score (nSPS) is 17.0. The lowest BCUT2D eigenvalue weighted by molar-refractivity contribution is 0.0512. The monoisotopic (exact) mass is 356 g/mol. The van der Waals surface area contributed by atoms with Crippen LogP contribution in [0.1, 0.15) is 23.2 Å². The number of imidazole rings is 1.